The number of fused-ring (bicyclic) bond motifs is 3. The summed E-state index contributed by atoms with van der Waals surface area (Å²) in [6.45, 7) is 0. The molecule has 3 aromatic rings. The molecular weight excluding hydrogens is 319 g/mol. The molecule has 0 fully saturated rings. The van der Waals surface area contributed by atoms with E-state index in [1.165, 1.54) is 0 Å². The van der Waals surface area contributed by atoms with E-state index in [-0.39, 0.29) is 5.56 Å². The van der Waals surface area contributed by atoms with Crippen molar-refractivity contribution in [2.24, 2.45) is 0 Å². The van der Waals surface area contributed by atoms with Gasteiger partial charge in [-0.25, -0.2) is 4.79 Å². The van der Waals surface area contributed by atoms with Gasteiger partial charge in [0.1, 0.15) is 0 Å². The molecule has 20 heavy (non-hydrogen) atoms. The molecule has 0 aliphatic heterocycles. The molecular formula is C15H7Cl3O2. The van der Waals surface area contributed by atoms with Crippen LogP contribution in [0.5, 0.6) is 0 Å². The van der Waals surface area contributed by atoms with Crippen LogP contribution in [-0.2, 0) is 0 Å². The second-order valence-electron chi connectivity index (χ2n) is 4.40. The second kappa shape index (κ2) is 4.81. The van der Waals surface area contributed by atoms with Gasteiger partial charge >= 0.3 is 5.97 Å². The first-order valence-electron chi connectivity index (χ1n) is 5.71. The van der Waals surface area contributed by atoms with E-state index in [0.29, 0.717) is 25.8 Å². The summed E-state index contributed by atoms with van der Waals surface area (Å²) in [6.07, 6.45) is 0. The Kier molecular flexibility index (Phi) is 3.25. The van der Waals surface area contributed by atoms with Crippen molar-refractivity contribution in [1.82, 2.24) is 0 Å². The van der Waals surface area contributed by atoms with Gasteiger partial charge in [-0.3, -0.25) is 0 Å². The number of halogens is 3. The summed E-state index contributed by atoms with van der Waals surface area (Å²) in [6, 6.07) is 10.0. The highest BCUT2D eigenvalue weighted by Crippen LogP contribution is 2.36. The summed E-state index contributed by atoms with van der Waals surface area (Å²) in [7, 11) is 0. The summed E-state index contributed by atoms with van der Waals surface area (Å²) in [5, 5.41) is 13.5. The molecule has 0 radical (unpaired) electrons. The van der Waals surface area contributed by atoms with Gasteiger partial charge in [0.25, 0.3) is 0 Å². The highest BCUT2D eigenvalue weighted by Gasteiger charge is 2.14. The topological polar surface area (TPSA) is 37.3 Å². The van der Waals surface area contributed by atoms with Crippen LogP contribution in [0, 0.1) is 0 Å². The molecule has 2 nitrogen and oxygen atoms in total. The fourth-order valence-corrected chi connectivity index (χ4v) is 3.14. The first kappa shape index (κ1) is 13.5. The van der Waals surface area contributed by atoms with Crippen molar-refractivity contribution in [3.63, 3.8) is 0 Å². The molecule has 0 unspecified atom stereocenters. The van der Waals surface area contributed by atoms with Crippen molar-refractivity contribution >= 4 is 62.3 Å². The van der Waals surface area contributed by atoms with Gasteiger partial charge in [0, 0.05) is 15.4 Å². The van der Waals surface area contributed by atoms with Crippen LogP contribution < -0.4 is 0 Å². The van der Waals surface area contributed by atoms with Crippen molar-refractivity contribution in [1.29, 1.82) is 0 Å². The molecule has 0 aliphatic rings. The lowest BCUT2D eigenvalue weighted by molar-refractivity contribution is 0.0699. The largest absolute Gasteiger partial charge is 0.478 e. The molecule has 0 amide bonds. The summed E-state index contributed by atoms with van der Waals surface area (Å²) in [5.74, 6) is -1.02. The highest BCUT2D eigenvalue weighted by atomic mass is 35.5. The van der Waals surface area contributed by atoms with Crippen LogP contribution in [0.25, 0.3) is 21.5 Å². The monoisotopic (exact) mass is 324 g/mol. The zero-order valence-electron chi connectivity index (χ0n) is 9.95. The highest BCUT2D eigenvalue weighted by molar-refractivity contribution is 6.41. The Morgan fingerprint density at radius 3 is 2.35 bits per heavy atom. The standard InChI is InChI=1S/C15H7Cl3O2/c16-8-1-2-10-11(5-8)12(15(19)20)4-7-3-9(17)6-13(18)14(7)10/h1-6H,(H,19,20). The van der Waals surface area contributed by atoms with E-state index in [1.54, 1.807) is 36.4 Å². The van der Waals surface area contributed by atoms with Crippen molar-refractivity contribution < 1.29 is 9.90 Å². The normalized spacial score (nSPS) is 11.2. The lowest BCUT2D eigenvalue weighted by atomic mass is 9.97. The molecule has 0 saturated heterocycles. The van der Waals surface area contributed by atoms with Gasteiger partial charge in [-0.2, -0.15) is 0 Å². The molecule has 3 aromatic carbocycles. The van der Waals surface area contributed by atoms with Crippen molar-refractivity contribution in [2.45, 2.75) is 0 Å². The number of carboxylic acid groups (broad SMARTS) is 1. The van der Waals surface area contributed by atoms with Gasteiger partial charge in [-0.05, 0) is 46.5 Å². The van der Waals surface area contributed by atoms with Gasteiger partial charge in [-0.15, -0.1) is 0 Å². The molecule has 5 heteroatoms. The summed E-state index contributed by atoms with van der Waals surface area (Å²) >= 11 is 18.2. The minimum Gasteiger partial charge on any atom is -0.478 e. The smallest absolute Gasteiger partial charge is 0.336 e. The first-order chi connectivity index (χ1) is 9.47. The van der Waals surface area contributed by atoms with Gasteiger partial charge in [-0.1, -0.05) is 40.9 Å². The second-order valence-corrected chi connectivity index (χ2v) is 5.68. The molecule has 0 saturated carbocycles. The van der Waals surface area contributed by atoms with Crippen LogP contribution in [0.4, 0.5) is 0 Å². The minimum atomic E-state index is -1.02. The van der Waals surface area contributed by atoms with E-state index in [4.69, 9.17) is 34.8 Å². The van der Waals surface area contributed by atoms with E-state index in [9.17, 15) is 9.90 Å². The number of hydrogen-bond acceptors (Lipinski definition) is 1. The van der Waals surface area contributed by atoms with Crippen molar-refractivity contribution in [3.05, 3.63) is 57.0 Å². The predicted molar refractivity (Wildman–Crippen MR) is 83.4 cm³/mol. The van der Waals surface area contributed by atoms with E-state index in [2.05, 4.69) is 0 Å². The quantitative estimate of drug-likeness (QED) is 0.587. The third kappa shape index (κ3) is 2.10. The molecule has 1 N–H and O–H groups in total. The zero-order valence-corrected chi connectivity index (χ0v) is 12.2. The molecule has 100 valence electrons. The van der Waals surface area contributed by atoms with Crippen molar-refractivity contribution in [3.8, 4) is 0 Å². The van der Waals surface area contributed by atoms with E-state index >= 15 is 0 Å². The first-order valence-corrected chi connectivity index (χ1v) is 6.85. The van der Waals surface area contributed by atoms with Crippen LogP contribution in [0.15, 0.2) is 36.4 Å². The number of aromatic carboxylic acids is 1. The van der Waals surface area contributed by atoms with Crippen molar-refractivity contribution in [2.75, 3.05) is 0 Å². The van der Waals surface area contributed by atoms with Crippen LogP contribution in [0.1, 0.15) is 10.4 Å². The molecule has 0 bridgehead atoms. The molecule has 0 aliphatic carbocycles. The maximum Gasteiger partial charge on any atom is 0.336 e. The van der Waals surface area contributed by atoms with E-state index in [0.717, 1.165) is 10.8 Å². The third-order valence-corrected chi connectivity index (χ3v) is 3.91. The number of benzene rings is 3. The average molecular weight is 326 g/mol. The van der Waals surface area contributed by atoms with Gasteiger partial charge in [0.05, 0.1) is 10.6 Å². The SMILES string of the molecule is O=C(O)c1cc2cc(Cl)cc(Cl)c2c2ccc(Cl)cc12. The number of hydrogen-bond donors (Lipinski definition) is 1. The number of rotatable bonds is 1. The molecule has 0 aromatic heterocycles. The zero-order chi connectivity index (χ0) is 14.4. The molecule has 0 atom stereocenters. The Hall–Kier alpha value is -1.48. The number of carbonyl (C=O) groups is 1. The lowest BCUT2D eigenvalue weighted by Crippen LogP contribution is -1.98. The van der Waals surface area contributed by atoms with Crippen LogP contribution >= 0.6 is 34.8 Å². The van der Waals surface area contributed by atoms with Gasteiger partial charge in [0.15, 0.2) is 0 Å². The Labute approximate surface area is 129 Å². The lowest BCUT2D eigenvalue weighted by Gasteiger charge is -2.10. The predicted octanol–water partition coefficient (Wildman–Crippen LogP) is 5.65. The fourth-order valence-electron chi connectivity index (χ4n) is 2.36. The number of carboxylic acids is 1. The Bertz CT molecular complexity index is 872. The molecule has 0 spiro atoms. The fraction of sp³-hybridized carbons (Fsp3) is 0. The summed E-state index contributed by atoms with van der Waals surface area (Å²) in [5.41, 5.74) is 0.174. The van der Waals surface area contributed by atoms with Crippen LogP contribution in [0.3, 0.4) is 0 Å². The Balaban J connectivity index is 2.61. The van der Waals surface area contributed by atoms with Crippen LogP contribution in [0.2, 0.25) is 15.1 Å². The minimum absolute atomic E-state index is 0.174. The van der Waals surface area contributed by atoms with Gasteiger partial charge in [0.2, 0.25) is 0 Å². The summed E-state index contributed by atoms with van der Waals surface area (Å²) in [4.78, 5) is 11.4. The Morgan fingerprint density at radius 1 is 0.900 bits per heavy atom. The van der Waals surface area contributed by atoms with E-state index in [1.807, 2.05) is 0 Å². The maximum absolute atomic E-state index is 11.4. The molecule has 0 heterocycles. The average Bonchev–Trinajstić information content (AvgIpc) is 2.36. The Morgan fingerprint density at radius 2 is 1.65 bits per heavy atom. The van der Waals surface area contributed by atoms with Gasteiger partial charge < -0.3 is 5.11 Å². The third-order valence-electron chi connectivity index (χ3n) is 3.16. The van der Waals surface area contributed by atoms with Crippen LogP contribution in [-0.4, -0.2) is 11.1 Å². The maximum atomic E-state index is 11.4. The summed E-state index contributed by atoms with van der Waals surface area (Å²) < 4.78 is 0. The molecule has 3 rings (SSSR count). The van der Waals surface area contributed by atoms with E-state index < -0.39 is 5.97 Å².